The quantitative estimate of drug-likeness (QED) is 0.830. The first-order valence-corrected chi connectivity index (χ1v) is 5.94. The first kappa shape index (κ1) is 13.8. The van der Waals surface area contributed by atoms with Crippen LogP contribution in [-0.4, -0.2) is 26.7 Å². The highest BCUT2D eigenvalue weighted by molar-refractivity contribution is 5.54. The van der Waals surface area contributed by atoms with Crippen LogP contribution < -0.4 is 15.4 Å². The second-order valence-corrected chi connectivity index (χ2v) is 3.80. The highest BCUT2D eigenvalue weighted by Gasteiger charge is 2.15. The molecule has 0 saturated carbocycles. The van der Waals surface area contributed by atoms with Crippen LogP contribution in [0.1, 0.15) is 25.6 Å². The lowest BCUT2D eigenvalue weighted by Crippen LogP contribution is -2.22. The van der Waals surface area contributed by atoms with Gasteiger partial charge < -0.3 is 15.4 Å². The van der Waals surface area contributed by atoms with Gasteiger partial charge in [0.25, 0.3) is 0 Å². The van der Waals surface area contributed by atoms with E-state index in [1.54, 1.807) is 13.2 Å². The van der Waals surface area contributed by atoms with E-state index < -0.39 is 6.17 Å². The predicted molar refractivity (Wildman–Crippen MR) is 69.5 cm³/mol. The average Bonchev–Trinajstić information content (AvgIpc) is 2.39. The number of benzene rings is 1. The van der Waals surface area contributed by atoms with E-state index in [1.165, 1.54) is 0 Å². The van der Waals surface area contributed by atoms with Gasteiger partial charge in [-0.3, -0.25) is 0 Å². The van der Waals surface area contributed by atoms with Crippen LogP contribution in [-0.2, 0) is 0 Å². The fourth-order valence-electron chi connectivity index (χ4n) is 1.87. The van der Waals surface area contributed by atoms with E-state index in [0.29, 0.717) is 11.3 Å². The Bertz CT molecular complexity index is 353. The normalized spacial score (nSPS) is 12.3. The lowest BCUT2D eigenvalue weighted by molar-refractivity contribution is 0.331. The topological polar surface area (TPSA) is 38.5 Å². The van der Waals surface area contributed by atoms with Crippen molar-refractivity contribution in [3.63, 3.8) is 0 Å². The SMILES string of the molecule is CCN(CC)c1ccc(C(F)CN)c(OC)c1. The number of hydrogen-bond acceptors (Lipinski definition) is 3. The van der Waals surface area contributed by atoms with Gasteiger partial charge in [0.1, 0.15) is 11.9 Å². The van der Waals surface area contributed by atoms with E-state index in [-0.39, 0.29) is 6.54 Å². The van der Waals surface area contributed by atoms with Gasteiger partial charge in [-0.1, -0.05) is 6.07 Å². The molecule has 3 nitrogen and oxygen atoms in total. The molecule has 0 heterocycles. The summed E-state index contributed by atoms with van der Waals surface area (Å²) in [5.41, 5.74) is 6.90. The smallest absolute Gasteiger partial charge is 0.141 e. The van der Waals surface area contributed by atoms with Crippen LogP contribution in [0.4, 0.5) is 10.1 Å². The maximum absolute atomic E-state index is 13.6. The zero-order valence-corrected chi connectivity index (χ0v) is 10.7. The Labute approximate surface area is 102 Å². The molecule has 2 N–H and O–H groups in total. The summed E-state index contributed by atoms with van der Waals surface area (Å²) in [5, 5.41) is 0. The molecule has 0 aliphatic heterocycles. The van der Waals surface area contributed by atoms with Crippen molar-refractivity contribution in [1.29, 1.82) is 0 Å². The van der Waals surface area contributed by atoms with Crippen molar-refractivity contribution in [3.05, 3.63) is 23.8 Å². The molecule has 0 bridgehead atoms. The molecule has 0 amide bonds. The van der Waals surface area contributed by atoms with E-state index in [1.807, 2.05) is 12.1 Å². The Hall–Kier alpha value is -1.29. The van der Waals surface area contributed by atoms with E-state index >= 15 is 0 Å². The van der Waals surface area contributed by atoms with Crippen molar-refractivity contribution in [2.24, 2.45) is 5.73 Å². The van der Waals surface area contributed by atoms with Crippen LogP contribution in [0, 0.1) is 0 Å². The highest BCUT2D eigenvalue weighted by Crippen LogP contribution is 2.31. The van der Waals surface area contributed by atoms with Crippen LogP contribution in [0.3, 0.4) is 0 Å². The van der Waals surface area contributed by atoms with Crippen LogP contribution in [0.15, 0.2) is 18.2 Å². The Kier molecular flexibility index (Phi) is 5.22. The van der Waals surface area contributed by atoms with Gasteiger partial charge in [0.15, 0.2) is 0 Å². The maximum Gasteiger partial charge on any atom is 0.141 e. The van der Waals surface area contributed by atoms with Gasteiger partial charge in [0, 0.05) is 37.0 Å². The van der Waals surface area contributed by atoms with Gasteiger partial charge >= 0.3 is 0 Å². The van der Waals surface area contributed by atoms with Crippen molar-refractivity contribution >= 4 is 5.69 Å². The fraction of sp³-hybridized carbons (Fsp3) is 0.538. The van der Waals surface area contributed by atoms with E-state index in [0.717, 1.165) is 18.8 Å². The summed E-state index contributed by atoms with van der Waals surface area (Å²) >= 11 is 0. The van der Waals surface area contributed by atoms with Gasteiger partial charge in [-0.15, -0.1) is 0 Å². The number of rotatable bonds is 6. The van der Waals surface area contributed by atoms with Crippen molar-refractivity contribution in [2.45, 2.75) is 20.0 Å². The summed E-state index contributed by atoms with van der Waals surface area (Å²) in [5.74, 6) is 0.562. The minimum absolute atomic E-state index is 0.0268. The van der Waals surface area contributed by atoms with E-state index in [2.05, 4.69) is 18.7 Å². The standard InChI is InChI=1S/C13H21FN2O/c1-4-16(5-2)10-6-7-11(12(14)9-15)13(8-10)17-3/h6-8,12H,4-5,9,15H2,1-3H3. The third kappa shape index (κ3) is 3.09. The minimum Gasteiger partial charge on any atom is -0.496 e. The Morgan fingerprint density at radius 3 is 2.47 bits per heavy atom. The molecule has 1 unspecified atom stereocenters. The lowest BCUT2D eigenvalue weighted by atomic mass is 10.1. The monoisotopic (exact) mass is 240 g/mol. The van der Waals surface area contributed by atoms with Crippen molar-refractivity contribution in [2.75, 3.05) is 31.6 Å². The Morgan fingerprint density at radius 2 is 2.00 bits per heavy atom. The first-order chi connectivity index (χ1) is 8.17. The number of nitrogens with two attached hydrogens (primary N) is 1. The van der Waals surface area contributed by atoms with Crippen molar-refractivity contribution in [1.82, 2.24) is 0 Å². The van der Waals surface area contributed by atoms with Crippen LogP contribution >= 0.6 is 0 Å². The fourth-order valence-corrected chi connectivity index (χ4v) is 1.87. The summed E-state index contributed by atoms with van der Waals surface area (Å²) < 4.78 is 18.8. The molecule has 0 fully saturated rings. The molecule has 1 rings (SSSR count). The summed E-state index contributed by atoms with van der Waals surface area (Å²) in [6, 6.07) is 5.53. The number of hydrogen-bond donors (Lipinski definition) is 1. The van der Waals surface area contributed by atoms with Gasteiger partial charge in [-0.2, -0.15) is 0 Å². The molecular weight excluding hydrogens is 219 g/mol. The van der Waals surface area contributed by atoms with Crippen molar-refractivity contribution < 1.29 is 9.13 Å². The maximum atomic E-state index is 13.6. The Morgan fingerprint density at radius 1 is 1.35 bits per heavy atom. The van der Waals surface area contributed by atoms with Crippen LogP contribution in [0.2, 0.25) is 0 Å². The molecule has 0 aromatic heterocycles. The molecule has 1 atom stereocenters. The summed E-state index contributed by atoms with van der Waals surface area (Å²) in [6.07, 6.45) is -1.17. The highest BCUT2D eigenvalue weighted by atomic mass is 19.1. The minimum atomic E-state index is -1.17. The molecule has 96 valence electrons. The predicted octanol–water partition coefficient (Wildman–Crippen LogP) is 2.51. The largest absolute Gasteiger partial charge is 0.496 e. The number of nitrogens with zero attached hydrogens (tertiary/aromatic N) is 1. The molecule has 0 radical (unpaired) electrons. The molecule has 4 heteroatoms. The molecular formula is C13H21FN2O. The number of alkyl halides is 1. The Balaban J connectivity index is 3.07. The summed E-state index contributed by atoms with van der Waals surface area (Å²) in [6.45, 7) is 5.97. The summed E-state index contributed by atoms with van der Waals surface area (Å²) in [4.78, 5) is 2.18. The van der Waals surface area contributed by atoms with Crippen LogP contribution in [0.25, 0.3) is 0 Å². The van der Waals surface area contributed by atoms with Gasteiger partial charge in [0.05, 0.1) is 7.11 Å². The van der Waals surface area contributed by atoms with Crippen LogP contribution in [0.5, 0.6) is 5.75 Å². The van der Waals surface area contributed by atoms with Gasteiger partial charge in [-0.25, -0.2) is 4.39 Å². The molecule has 0 spiro atoms. The van der Waals surface area contributed by atoms with Gasteiger partial charge in [-0.05, 0) is 19.9 Å². The number of ether oxygens (including phenoxy) is 1. The zero-order chi connectivity index (χ0) is 12.8. The molecule has 17 heavy (non-hydrogen) atoms. The molecule has 1 aromatic rings. The second kappa shape index (κ2) is 6.45. The van der Waals surface area contributed by atoms with Crippen molar-refractivity contribution in [3.8, 4) is 5.75 Å². The third-order valence-electron chi connectivity index (χ3n) is 2.89. The van der Waals surface area contributed by atoms with E-state index in [9.17, 15) is 4.39 Å². The van der Waals surface area contributed by atoms with E-state index in [4.69, 9.17) is 10.5 Å². The third-order valence-corrected chi connectivity index (χ3v) is 2.89. The first-order valence-electron chi connectivity index (χ1n) is 5.94. The molecule has 0 saturated heterocycles. The molecule has 1 aromatic carbocycles. The second-order valence-electron chi connectivity index (χ2n) is 3.80. The average molecular weight is 240 g/mol. The lowest BCUT2D eigenvalue weighted by Gasteiger charge is -2.22. The number of anilines is 1. The molecule has 0 aliphatic rings. The number of methoxy groups -OCH3 is 1. The zero-order valence-electron chi connectivity index (χ0n) is 10.7. The summed E-state index contributed by atoms with van der Waals surface area (Å²) in [7, 11) is 1.55. The number of halogens is 1. The van der Waals surface area contributed by atoms with Gasteiger partial charge in [0.2, 0.25) is 0 Å². The molecule has 0 aliphatic carbocycles.